The third-order valence-corrected chi connectivity index (χ3v) is 6.15. The van der Waals surface area contributed by atoms with E-state index in [0.29, 0.717) is 10.1 Å². The lowest BCUT2D eigenvalue weighted by molar-refractivity contribution is -0.117. The molecule has 3 amide bonds. The van der Waals surface area contributed by atoms with Crippen molar-refractivity contribution in [2.75, 3.05) is 10.6 Å². The van der Waals surface area contributed by atoms with Gasteiger partial charge in [0.05, 0.1) is 0 Å². The van der Waals surface area contributed by atoms with E-state index in [1.54, 1.807) is 6.07 Å². The number of benzene rings is 3. The fraction of sp³-hybridized carbons (Fsp3) is 0.0833. The number of hydrogen-bond acceptors (Lipinski definition) is 5. The van der Waals surface area contributed by atoms with Crippen LogP contribution in [-0.2, 0) is 11.2 Å². The third kappa shape index (κ3) is 6.46. The summed E-state index contributed by atoms with van der Waals surface area (Å²) in [5, 5.41) is 17.1. The van der Waals surface area contributed by atoms with Crippen molar-refractivity contribution in [3.05, 3.63) is 94.7 Å². The van der Waals surface area contributed by atoms with Crippen LogP contribution in [0.3, 0.4) is 0 Å². The SMILES string of the molecule is O=C(Nc1cccc(F)c1)N[C@@H](Cc1ccccc1)C(=O)Nc1nnc(-c2ccc(Br)cc2)s1. The topological polar surface area (TPSA) is 96.0 Å². The van der Waals surface area contributed by atoms with Crippen LogP contribution in [0.2, 0.25) is 0 Å². The number of urea groups is 1. The van der Waals surface area contributed by atoms with Gasteiger partial charge in [-0.2, -0.15) is 0 Å². The van der Waals surface area contributed by atoms with Gasteiger partial charge in [-0.1, -0.05) is 75.8 Å². The standard InChI is InChI=1S/C24H19BrFN5O2S/c25-17-11-9-16(10-12-17)22-30-31-24(34-22)29-21(32)20(13-15-5-2-1-3-6-15)28-23(33)27-19-8-4-7-18(26)14-19/h1-12,14,20H,13H2,(H2,27,28,33)(H,29,31,32)/t20-/m0/s1. The molecule has 10 heteroatoms. The number of nitrogens with zero attached hydrogens (tertiary/aromatic N) is 2. The molecule has 0 saturated carbocycles. The molecule has 0 bridgehead atoms. The Morgan fingerprint density at radius 1 is 0.941 bits per heavy atom. The number of rotatable bonds is 7. The highest BCUT2D eigenvalue weighted by molar-refractivity contribution is 9.10. The smallest absolute Gasteiger partial charge is 0.319 e. The van der Waals surface area contributed by atoms with Gasteiger partial charge in [-0.05, 0) is 35.9 Å². The second kappa shape index (κ2) is 11.0. The third-order valence-electron chi connectivity index (χ3n) is 4.73. The zero-order valence-corrected chi connectivity index (χ0v) is 20.1. The van der Waals surface area contributed by atoms with Crippen LogP contribution < -0.4 is 16.0 Å². The minimum atomic E-state index is -0.906. The lowest BCUT2D eigenvalue weighted by Gasteiger charge is -2.18. The van der Waals surface area contributed by atoms with Gasteiger partial charge in [0, 0.05) is 22.1 Å². The van der Waals surface area contributed by atoms with Crippen LogP contribution in [-0.4, -0.2) is 28.2 Å². The van der Waals surface area contributed by atoms with Gasteiger partial charge >= 0.3 is 6.03 Å². The molecule has 1 atom stereocenters. The highest BCUT2D eigenvalue weighted by atomic mass is 79.9. The molecule has 0 spiro atoms. The van der Waals surface area contributed by atoms with E-state index < -0.39 is 23.8 Å². The summed E-state index contributed by atoms with van der Waals surface area (Å²) in [6.45, 7) is 0. The molecular weight excluding hydrogens is 521 g/mol. The van der Waals surface area contributed by atoms with E-state index in [1.165, 1.54) is 29.5 Å². The molecule has 0 unspecified atom stereocenters. The maximum atomic E-state index is 13.4. The van der Waals surface area contributed by atoms with Crippen LogP contribution >= 0.6 is 27.3 Å². The lowest BCUT2D eigenvalue weighted by Crippen LogP contribution is -2.46. The largest absolute Gasteiger partial charge is 0.326 e. The normalized spacial score (nSPS) is 11.5. The van der Waals surface area contributed by atoms with E-state index in [9.17, 15) is 14.0 Å². The van der Waals surface area contributed by atoms with Crippen molar-refractivity contribution in [2.45, 2.75) is 12.5 Å². The Hall–Kier alpha value is -3.63. The van der Waals surface area contributed by atoms with E-state index in [-0.39, 0.29) is 12.1 Å². The first-order valence-electron chi connectivity index (χ1n) is 10.2. The number of hydrogen-bond donors (Lipinski definition) is 3. The van der Waals surface area contributed by atoms with E-state index in [2.05, 4.69) is 42.1 Å². The monoisotopic (exact) mass is 539 g/mol. The first kappa shape index (κ1) is 23.5. The molecule has 0 aliphatic rings. The summed E-state index contributed by atoms with van der Waals surface area (Å²) in [5.41, 5.74) is 2.01. The van der Waals surface area contributed by atoms with Crippen molar-refractivity contribution < 1.29 is 14.0 Å². The predicted molar refractivity (Wildman–Crippen MR) is 134 cm³/mol. The summed E-state index contributed by atoms with van der Waals surface area (Å²) in [7, 11) is 0. The quantitative estimate of drug-likeness (QED) is 0.289. The van der Waals surface area contributed by atoms with Crippen LogP contribution in [0.5, 0.6) is 0 Å². The van der Waals surface area contributed by atoms with E-state index in [1.807, 2.05) is 54.6 Å². The number of nitrogens with one attached hydrogen (secondary N) is 3. The second-order valence-corrected chi connectivity index (χ2v) is 9.15. The zero-order chi connectivity index (χ0) is 23.9. The van der Waals surface area contributed by atoms with Crippen LogP contribution in [0.25, 0.3) is 10.6 Å². The molecule has 0 fully saturated rings. The van der Waals surface area contributed by atoms with Crippen molar-refractivity contribution in [3.63, 3.8) is 0 Å². The predicted octanol–water partition coefficient (Wildman–Crippen LogP) is 5.48. The number of carbonyl (C=O) groups excluding carboxylic acids is 2. The molecule has 7 nitrogen and oxygen atoms in total. The summed E-state index contributed by atoms with van der Waals surface area (Å²) < 4.78 is 14.4. The minimum absolute atomic E-state index is 0.252. The van der Waals surface area contributed by atoms with Gasteiger partial charge < -0.3 is 10.6 Å². The number of amides is 3. The number of halogens is 2. The van der Waals surface area contributed by atoms with Crippen molar-refractivity contribution in [1.29, 1.82) is 0 Å². The van der Waals surface area contributed by atoms with Crippen molar-refractivity contribution >= 4 is 50.0 Å². The highest BCUT2D eigenvalue weighted by Gasteiger charge is 2.23. The van der Waals surface area contributed by atoms with Crippen LogP contribution in [0.1, 0.15) is 5.56 Å². The first-order valence-corrected chi connectivity index (χ1v) is 11.8. The van der Waals surface area contributed by atoms with Crippen molar-refractivity contribution in [1.82, 2.24) is 15.5 Å². The summed E-state index contributed by atoms with van der Waals surface area (Å²) in [6, 6.07) is 20.9. The average Bonchev–Trinajstić information content (AvgIpc) is 3.28. The van der Waals surface area contributed by atoms with E-state index in [4.69, 9.17) is 0 Å². The molecule has 0 aliphatic carbocycles. The molecule has 0 saturated heterocycles. The van der Waals surface area contributed by atoms with Gasteiger partial charge in [0.1, 0.15) is 16.9 Å². The molecule has 4 rings (SSSR count). The molecule has 34 heavy (non-hydrogen) atoms. The van der Waals surface area contributed by atoms with Crippen LogP contribution in [0.4, 0.5) is 20.0 Å². The van der Waals surface area contributed by atoms with Crippen molar-refractivity contribution in [3.8, 4) is 10.6 Å². The molecule has 0 radical (unpaired) electrons. The van der Waals surface area contributed by atoms with E-state index >= 15 is 0 Å². The van der Waals surface area contributed by atoms with Crippen LogP contribution in [0, 0.1) is 5.82 Å². The van der Waals surface area contributed by atoms with Crippen molar-refractivity contribution in [2.24, 2.45) is 0 Å². The fourth-order valence-corrected chi connectivity index (χ4v) is 4.14. The molecule has 3 N–H and O–H groups in total. The molecule has 172 valence electrons. The maximum Gasteiger partial charge on any atom is 0.319 e. The number of anilines is 2. The minimum Gasteiger partial charge on any atom is -0.326 e. The Morgan fingerprint density at radius 3 is 2.44 bits per heavy atom. The Bertz CT molecular complexity index is 1280. The average molecular weight is 540 g/mol. The summed E-state index contributed by atoms with van der Waals surface area (Å²) >= 11 is 4.62. The second-order valence-electron chi connectivity index (χ2n) is 7.26. The molecule has 1 aromatic heterocycles. The first-order chi connectivity index (χ1) is 16.5. The van der Waals surface area contributed by atoms with Gasteiger partial charge in [-0.25, -0.2) is 9.18 Å². The summed E-state index contributed by atoms with van der Waals surface area (Å²) in [6.07, 6.45) is 0.252. The highest BCUT2D eigenvalue weighted by Crippen LogP contribution is 2.27. The van der Waals surface area contributed by atoms with Crippen LogP contribution in [0.15, 0.2) is 83.3 Å². The van der Waals surface area contributed by atoms with Gasteiger partial charge in [0.15, 0.2) is 0 Å². The fourth-order valence-electron chi connectivity index (χ4n) is 3.13. The Balaban J connectivity index is 1.47. The Morgan fingerprint density at radius 2 is 1.71 bits per heavy atom. The number of aromatic nitrogens is 2. The van der Waals surface area contributed by atoms with Gasteiger partial charge in [0.25, 0.3) is 0 Å². The Kier molecular flexibility index (Phi) is 7.61. The summed E-state index contributed by atoms with van der Waals surface area (Å²) in [4.78, 5) is 25.6. The number of carbonyl (C=O) groups is 2. The maximum absolute atomic E-state index is 13.4. The molecule has 4 aromatic rings. The molecule has 3 aromatic carbocycles. The van der Waals surface area contributed by atoms with Gasteiger partial charge in [0.2, 0.25) is 11.0 Å². The molecule has 0 aliphatic heterocycles. The van der Waals surface area contributed by atoms with Gasteiger partial charge in [-0.15, -0.1) is 10.2 Å². The zero-order valence-electron chi connectivity index (χ0n) is 17.7. The Labute approximate surface area is 207 Å². The van der Waals surface area contributed by atoms with E-state index in [0.717, 1.165) is 15.6 Å². The molecular formula is C24H19BrFN5O2S. The summed E-state index contributed by atoms with van der Waals surface area (Å²) in [5.74, 6) is -0.925. The molecule has 1 heterocycles. The lowest BCUT2D eigenvalue weighted by atomic mass is 10.1. The van der Waals surface area contributed by atoms with Gasteiger partial charge in [-0.3, -0.25) is 10.1 Å².